The number of aliphatic hydroxyl groups excluding tert-OH is 2. The number of ether oxygens (including phenoxy) is 2. The topological polar surface area (TPSA) is 125 Å². The number of halogens is 1. The van der Waals surface area contributed by atoms with E-state index in [4.69, 9.17) is 9.47 Å². The zero-order valence-corrected chi connectivity index (χ0v) is 25.5. The monoisotopic (exact) mass is 676 g/mol. The van der Waals surface area contributed by atoms with Crippen LogP contribution in [-0.4, -0.2) is 71.7 Å². The number of aliphatic hydroxyl groups is 2. The van der Waals surface area contributed by atoms with Crippen molar-refractivity contribution >= 4 is 40.7 Å². The van der Waals surface area contributed by atoms with Gasteiger partial charge in [-0.15, -0.1) is 0 Å². The van der Waals surface area contributed by atoms with Gasteiger partial charge in [0.25, 0.3) is 0 Å². The van der Waals surface area contributed by atoms with Gasteiger partial charge in [-0.25, -0.2) is 0 Å². The Hall–Kier alpha value is -2.96. The molecule has 0 radical (unpaired) electrons. The highest BCUT2D eigenvalue weighted by atomic mass is 127. The zero-order chi connectivity index (χ0) is 29.5. The fourth-order valence-electron chi connectivity index (χ4n) is 5.49. The molecule has 0 aromatic heterocycles. The van der Waals surface area contributed by atoms with Gasteiger partial charge in [-0.1, -0.05) is 42.7 Å². The Kier molecular flexibility index (Phi) is 10.8. The lowest BCUT2D eigenvalue weighted by atomic mass is 9.87. The summed E-state index contributed by atoms with van der Waals surface area (Å²) >= 11 is 2.03. The van der Waals surface area contributed by atoms with E-state index in [2.05, 4.69) is 5.32 Å². The van der Waals surface area contributed by atoms with Gasteiger partial charge in [0.1, 0.15) is 18.5 Å². The molecule has 0 heterocycles. The van der Waals surface area contributed by atoms with Crippen LogP contribution in [0, 0.1) is 16.4 Å². The summed E-state index contributed by atoms with van der Waals surface area (Å²) in [5.74, 6) is 0.0616. The molecule has 1 saturated carbocycles. The zero-order valence-electron chi connectivity index (χ0n) is 23.3. The Morgan fingerprint density at radius 1 is 1.17 bits per heavy atom. The normalized spacial score (nSPS) is 20.7. The van der Waals surface area contributed by atoms with Crippen molar-refractivity contribution in [1.29, 1.82) is 0 Å². The average Bonchev–Trinajstić information content (AvgIpc) is 3.52. The van der Waals surface area contributed by atoms with Crippen LogP contribution in [0.5, 0.6) is 11.5 Å². The summed E-state index contributed by atoms with van der Waals surface area (Å²) in [6, 6.07) is 10.4. The number of carbonyl (C=O) groups is 3. The van der Waals surface area contributed by atoms with E-state index in [1.807, 2.05) is 53.8 Å². The summed E-state index contributed by atoms with van der Waals surface area (Å²) < 4.78 is 12.4. The number of nitrogens with zero attached hydrogens (tertiary/aromatic N) is 1. The second kappa shape index (κ2) is 14.3. The maximum Gasteiger partial charge on any atom is 0.247 e. The molecule has 0 aliphatic heterocycles. The molecular formula is C31H37IN2O7. The molecule has 2 aliphatic rings. The van der Waals surface area contributed by atoms with E-state index in [9.17, 15) is 24.6 Å². The number of aldehydes is 1. The van der Waals surface area contributed by atoms with Crippen LogP contribution in [-0.2, 0) is 16.1 Å². The first-order chi connectivity index (χ1) is 19.7. The third-order valence-electron chi connectivity index (χ3n) is 7.72. The second-order valence-corrected chi connectivity index (χ2v) is 11.8. The lowest BCUT2D eigenvalue weighted by molar-refractivity contribution is -0.143. The molecule has 2 amide bonds. The molecule has 2 aromatic carbocycles. The Morgan fingerprint density at radius 2 is 1.88 bits per heavy atom. The number of hydrogen-bond acceptors (Lipinski definition) is 7. The van der Waals surface area contributed by atoms with Crippen molar-refractivity contribution in [2.45, 2.75) is 63.8 Å². The predicted octanol–water partition coefficient (Wildman–Crippen LogP) is 3.56. The number of hydrogen-bond donors (Lipinski definition) is 3. The van der Waals surface area contributed by atoms with E-state index in [1.54, 1.807) is 23.1 Å². The van der Waals surface area contributed by atoms with Gasteiger partial charge >= 0.3 is 0 Å². The molecule has 3 atom stereocenters. The summed E-state index contributed by atoms with van der Waals surface area (Å²) in [4.78, 5) is 40.2. The van der Waals surface area contributed by atoms with E-state index in [0.29, 0.717) is 32.5 Å². The summed E-state index contributed by atoms with van der Waals surface area (Å²) in [5.41, 5.74) is 2.79. The van der Waals surface area contributed by atoms with Crippen LogP contribution in [0.25, 0.3) is 0 Å². The number of methoxy groups -OCH3 is 1. The first-order valence-corrected chi connectivity index (χ1v) is 15.0. The van der Waals surface area contributed by atoms with E-state index in [0.717, 1.165) is 36.8 Å². The van der Waals surface area contributed by atoms with Gasteiger partial charge in [-0.05, 0) is 66.1 Å². The van der Waals surface area contributed by atoms with Gasteiger partial charge in [0.05, 0.1) is 23.3 Å². The van der Waals surface area contributed by atoms with Crippen molar-refractivity contribution in [3.8, 4) is 11.5 Å². The summed E-state index contributed by atoms with van der Waals surface area (Å²) in [6.45, 7) is 2.13. The second-order valence-electron chi connectivity index (χ2n) is 10.6. The van der Waals surface area contributed by atoms with Crippen molar-refractivity contribution in [2.75, 3.05) is 20.3 Å². The molecule has 2 aliphatic carbocycles. The number of carbonyl (C=O) groups excluding carboxylic acids is 3. The fourth-order valence-corrected chi connectivity index (χ4v) is 6.25. The molecule has 3 unspecified atom stereocenters. The fraction of sp³-hybridized carbons (Fsp3) is 0.452. The molecule has 41 heavy (non-hydrogen) atoms. The highest BCUT2D eigenvalue weighted by Crippen LogP contribution is 2.38. The van der Waals surface area contributed by atoms with Gasteiger partial charge in [-0.3, -0.25) is 14.4 Å². The molecule has 220 valence electrons. The van der Waals surface area contributed by atoms with Gasteiger partial charge in [-0.2, -0.15) is 0 Å². The van der Waals surface area contributed by atoms with E-state index in [-0.39, 0.29) is 37.9 Å². The van der Waals surface area contributed by atoms with Crippen LogP contribution < -0.4 is 14.8 Å². The van der Waals surface area contributed by atoms with Crippen LogP contribution >= 0.6 is 22.6 Å². The van der Waals surface area contributed by atoms with Crippen molar-refractivity contribution in [2.24, 2.45) is 5.92 Å². The molecule has 0 bridgehead atoms. The molecule has 3 N–H and O–H groups in total. The number of rotatable bonds is 11. The van der Waals surface area contributed by atoms with Crippen LogP contribution in [0.15, 0.2) is 48.0 Å². The summed E-state index contributed by atoms with van der Waals surface area (Å²) in [6.07, 6.45) is 3.81. The molecule has 4 rings (SSSR count). The molecule has 0 spiro atoms. The molecule has 9 nitrogen and oxygen atoms in total. The van der Waals surface area contributed by atoms with Crippen LogP contribution in [0.2, 0.25) is 0 Å². The quantitative estimate of drug-likeness (QED) is 0.246. The lowest BCUT2D eigenvalue weighted by Crippen LogP contribution is -2.55. The first kappa shape index (κ1) is 31.0. The third-order valence-corrected chi connectivity index (χ3v) is 8.52. The van der Waals surface area contributed by atoms with Gasteiger partial charge in [0, 0.05) is 36.6 Å². The van der Waals surface area contributed by atoms with E-state index >= 15 is 0 Å². The van der Waals surface area contributed by atoms with Crippen LogP contribution in [0.3, 0.4) is 0 Å². The Morgan fingerprint density at radius 3 is 2.51 bits per heavy atom. The molecule has 2 aromatic rings. The standard InChI is InChI=1S/C31H37IN2O7/c1-19-7-9-20(10-8-19)17-34(31(39)22-5-3-4-6-22)25-15-23(30(38)33-11-12-35)16-26(28(25)37)41-29-24(32)13-21(18-36)14-27(29)40-2/h7-10,13-14,16,18,22,25-26,28,35,37H,3-6,11-12,15,17H2,1-2H3,(H,33,38). The van der Waals surface area contributed by atoms with Crippen molar-refractivity contribution < 1.29 is 34.1 Å². The SMILES string of the molecule is COc1cc(C=O)cc(I)c1OC1C=C(C(=O)NCCO)CC(N(Cc2ccc(C)cc2)C(=O)C2CCCC2)C1O. The van der Waals surface area contributed by atoms with Gasteiger partial charge < -0.3 is 29.9 Å². The Balaban J connectivity index is 1.73. The van der Waals surface area contributed by atoms with E-state index < -0.39 is 24.2 Å². The molecule has 0 saturated heterocycles. The number of aryl methyl sites for hydroxylation is 1. The summed E-state index contributed by atoms with van der Waals surface area (Å²) in [7, 11) is 1.46. The predicted molar refractivity (Wildman–Crippen MR) is 162 cm³/mol. The smallest absolute Gasteiger partial charge is 0.247 e. The first-order valence-electron chi connectivity index (χ1n) is 13.9. The molecule has 1 fully saturated rings. The summed E-state index contributed by atoms with van der Waals surface area (Å²) in [5, 5.41) is 23.7. The highest BCUT2D eigenvalue weighted by molar-refractivity contribution is 14.1. The third kappa shape index (κ3) is 7.47. The Labute approximate surface area is 254 Å². The molecular weight excluding hydrogens is 639 g/mol. The minimum atomic E-state index is -1.16. The Bertz CT molecular complexity index is 1270. The van der Waals surface area contributed by atoms with Gasteiger partial charge in [0.2, 0.25) is 11.8 Å². The number of benzene rings is 2. The number of nitrogens with one attached hydrogen (secondary N) is 1. The van der Waals surface area contributed by atoms with Crippen LogP contribution in [0.1, 0.15) is 53.6 Å². The van der Waals surface area contributed by atoms with Crippen molar-refractivity contribution in [1.82, 2.24) is 10.2 Å². The van der Waals surface area contributed by atoms with Crippen LogP contribution in [0.4, 0.5) is 0 Å². The lowest BCUT2D eigenvalue weighted by Gasteiger charge is -2.41. The van der Waals surface area contributed by atoms with E-state index in [1.165, 1.54) is 7.11 Å². The van der Waals surface area contributed by atoms with Crippen molar-refractivity contribution in [3.63, 3.8) is 0 Å². The largest absolute Gasteiger partial charge is 0.493 e. The maximum atomic E-state index is 14.0. The van der Waals surface area contributed by atoms with Crippen molar-refractivity contribution in [3.05, 3.63) is 68.3 Å². The number of amides is 2. The minimum Gasteiger partial charge on any atom is -0.493 e. The molecule has 10 heteroatoms. The minimum absolute atomic E-state index is 0.0367. The average molecular weight is 677 g/mol. The maximum absolute atomic E-state index is 14.0. The highest BCUT2D eigenvalue weighted by Gasteiger charge is 2.42. The van der Waals surface area contributed by atoms with Gasteiger partial charge in [0.15, 0.2) is 11.5 Å².